The molecule has 0 saturated heterocycles. The summed E-state index contributed by atoms with van der Waals surface area (Å²) in [6.07, 6.45) is 5.33. The number of fused-ring (bicyclic) bond motifs is 1. The number of hydrogen-bond donors (Lipinski definition) is 1. The quantitative estimate of drug-likeness (QED) is 0.753. The van der Waals surface area contributed by atoms with Crippen LogP contribution in [0, 0.1) is 6.92 Å². The first-order valence-electron chi connectivity index (χ1n) is 5.34. The van der Waals surface area contributed by atoms with Gasteiger partial charge in [-0.2, -0.15) is 10.2 Å². The molecule has 0 saturated carbocycles. The Morgan fingerprint density at radius 3 is 2.83 bits per heavy atom. The van der Waals surface area contributed by atoms with Gasteiger partial charge >= 0.3 is 0 Å². The Kier molecular flexibility index (Phi) is 2.24. The first-order chi connectivity index (χ1) is 8.56. The van der Waals surface area contributed by atoms with Crippen LogP contribution in [0.1, 0.15) is 16.1 Å². The van der Waals surface area contributed by atoms with Crippen molar-refractivity contribution >= 4 is 22.1 Å². The van der Waals surface area contributed by atoms with Gasteiger partial charge in [-0.1, -0.05) is 0 Å². The maximum absolute atomic E-state index is 11.3. The summed E-state index contributed by atoms with van der Waals surface area (Å²) in [4.78, 5) is 13.0. The number of carbonyl (C=O) groups excluding carboxylic acids is 1. The molecule has 0 spiro atoms. The van der Waals surface area contributed by atoms with Crippen LogP contribution in [0.5, 0.6) is 0 Å². The summed E-state index contributed by atoms with van der Waals surface area (Å²) >= 11 is 1.49. The third kappa shape index (κ3) is 1.52. The zero-order valence-electron chi connectivity index (χ0n) is 9.91. The Balaban J connectivity index is 2.19. The van der Waals surface area contributed by atoms with Gasteiger partial charge in [-0.25, -0.2) is 4.52 Å². The van der Waals surface area contributed by atoms with Crippen molar-refractivity contribution < 1.29 is 4.79 Å². The molecule has 18 heavy (non-hydrogen) atoms. The number of carbonyl (C=O) groups is 1. The molecule has 0 aliphatic carbocycles. The van der Waals surface area contributed by atoms with Gasteiger partial charge in [-0.15, -0.1) is 11.3 Å². The molecule has 3 aromatic rings. The molecule has 92 valence electrons. The van der Waals surface area contributed by atoms with E-state index in [4.69, 9.17) is 5.73 Å². The molecule has 0 fully saturated rings. The molecular formula is C11H11N5OS. The van der Waals surface area contributed by atoms with Crippen molar-refractivity contribution in [2.45, 2.75) is 6.92 Å². The molecule has 3 heterocycles. The van der Waals surface area contributed by atoms with Gasteiger partial charge < -0.3 is 5.73 Å². The number of hydrogen-bond acceptors (Lipinski definition) is 4. The van der Waals surface area contributed by atoms with Gasteiger partial charge in [-0.05, 0) is 6.92 Å². The molecule has 2 N–H and O–H groups in total. The lowest BCUT2D eigenvalue weighted by Crippen LogP contribution is -2.09. The van der Waals surface area contributed by atoms with Crippen LogP contribution in [0.25, 0.3) is 15.3 Å². The van der Waals surface area contributed by atoms with Crippen LogP contribution >= 0.6 is 11.3 Å². The van der Waals surface area contributed by atoms with E-state index in [-0.39, 0.29) is 0 Å². The predicted molar refractivity (Wildman–Crippen MR) is 68.5 cm³/mol. The van der Waals surface area contributed by atoms with Crippen LogP contribution in [0.4, 0.5) is 0 Å². The maximum Gasteiger partial charge on any atom is 0.253 e. The average molecular weight is 261 g/mol. The fraction of sp³-hybridized carbons (Fsp3) is 0.182. The van der Waals surface area contributed by atoms with Gasteiger partial charge in [0.05, 0.1) is 22.3 Å². The Morgan fingerprint density at radius 2 is 2.22 bits per heavy atom. The molecule has 0 radical (unpaired) electrons. The maximum atomic E-state index is 11.3. The van der Waals surface area contributed by atoms with Gasteiger partial charge in [0.25, 0.3) is 5.91 Å². The molecule has 7 heteroatoms. The van der Waals surface area contributed by atoms with Crippen molar-refractivity contribution in [2.24, 2.45) is 12.8 Å². The molecule has 1 amide bonds. The lowest BCUT2D eigenvalue weighted by molar-refractivity contribution is 0.100. The second-order valence-electron chi connectivity index (χ2n) is 4.07. The van der Waals surface area contributed by atoms with E-state index in [0.29, 0.717) is 5.56 Å². The highest BCUT2D eigenvalue weighted by Crippen LogP contribution is 2.31. The highest BCUT2D eigenvalue weighted by Gasteiger charge is 2.15. The number of nitrogens with two attached hydrogens (primary N) is 1. The van der Waals surface area contributed by atoms with Gasteiger partial charge in [0.15, 0.2) is 0 Å². The van der Waals surface area contributed by atoms with Gasteiger partial charge in [0.1, 0.15) is 4.83 Å². The topological polar surface area (TPSA) is 78.2 Å². The number of rotatable bonds is 2. The molecule has 3 aromatic heterocycles. The van der Waals surface area contributed by atoms with E-state index in [1.165, 1.54) is 17.5 Å². The number of thiazole rings is 1. The third-order valence-electron chi connectivity index (χ3n) is 2.74. The molecule has 0 aliphatic heterocycles. The summed E-state index contributed by atoms with van der Waals surface area (Å²) in [5.74, 6) is -0.457. The second-order valence-corrected chi connectivity index (χ2v) is 5.10. The predicted octanol–water partition coefficient (Wildman–Crippen LogP) is 1.20. The highest BCUT2D eigenvalue weighted by molar-refractivity contribution is 7.21. The standard InChI is InChI=1S/C11H11N5OS/c1-6-8(4-15(2)14-6)9-5-16-11(18-9)7(3-13-16)10(12)17/h3-5H,1-2H3,(H2,12,17). The Hall–Kier alpha value is -2.15. The van der Waals surface area contributed by atoms with Gasteiger partial charge in [-0.3, -0.25) is 9.48 Å². The van der Waals surface area contributed by atoms with Crippen LogP contribution in [-0.2, 0) is 7.05 Å². The molecule has 3 rings (SSSR count). The Labute approximate surface area is 107 Å². The molecule has 0 bridgehead atoms. The van der Waals surface area contributed by atoms with Crippen LogP contribution in [-0.4, -0.2) is 25.3 Å². The SMILES string of the molecule is Cc1nn(C)cc1-c1cn2ncc(C(N)=O)c2s1. The lowest BCUT2D eigenvalue weighted by Gasteiger charge is -1.90. The minimum atomic E-state index is -0.457. The third-order valence-corrected chi connectivity index (χ3v) is 3.89. The number of aryl methyl sites for hydroxylation is 2. The number of nitrogens with zero attached hydrogens (tertiary/aromatic N) is 4. The van der Waals surface area contributed by atoms with Crippen LogP contribution in [0.3, 0.4) is 0 Å². The van der Waals surface area contributed by atoms with Gasteiger partial charge in [0, 0.05) is 25.0 Å². The van der Waals surface area contributed by atoms with Crippen molar-refractivity contribution in [1.82, 2.24) is 19.4 Å². The Bertz CT molecular complexity index is 751. The number of amides is 1. The monoisotopic (exact) mass is 261 g/mol. The van der Waals surface area contributed by atoms with Crippen molar-refractivity contribution in [3.63, 3.8) is 0 Å². The summed E-state index contributed by atoms with van der Waals surface area (Å²) in [6.45, 7) is 1.95. The first-order valence-corrected chi connectivity index (χ1v) is 6.15. The van der Waals surface area contributed by atoms with Crippen molar-refractivity contribution in [1.29, 1.82) is 0 Å². The summed E-state index contributed by atoms with van der Waals surface area (Å²) in [5, 5.41) is 8.42. The van der Waals surface area contributed by atoms with Crippen LogP contribution < -0.4 is 5.73 Å². The summed E-state index contributed by atoms with van der Waals surface area (Å²) < 4.78 is 3.44. The molecule has 0 atom stereocenters. The zero-order valence-corrected chi connectivity index (χ0v) is 10.7. The number of aromatic nitrogens is 4. The van der Waals surface area contributed by atoms with E-state index in [1.54, 1.807) is 9.20 Å². The highest BCUT2D eigenvalue weighted by atomic mass is 32.1. The first kappa shape index (κ1) is 11.0. The van der Waals surface area contributed by atoms with Gasteiger partial charge in [0.2, 0.25) is 0 Å². The molecule has 6 nitrogen and oxygen atoms in total. The van der Waals surface area contributed by atoms with E-state index < -0.39 is 5.91 Å². The van der Waals surface area contributed by atoms with E-state index in [1.807, 2.05) is 26.4 Å². The van der Waals surface area contributed by atoms with E-state index in [2.05, 4.69) is 10.2 Å². The normalized spacial score (nSPS) is 11.2. The van der Waals surface area contributed by atoms with Crippen molar-refractivity contribution in [3.8, 4) is 10.4 Å². The smallest absolute Gasteiger partial charge is 0.253 e. The minimum absolute atomic E-state index is 0.452. The summed E-state index contributed by atoms with van der Waals surface area (Å²) in [5.41, 5.74) is 7.75. The minimum Gasteiger partial charge on any atom is -0.365 e. The van der Waals surface area contributed by atoms with Crippen molar-refractivity contribution in [2.75, 3.05) is 0 Å². The lowest BCUT2D eigenvalue weighted by atomic mass is 10.2. The molecule has 0 aromatic carbocycles. The second kappa shape index (κ2) is 3.67. The van der Waals surface area contributed by atoms with E-state index >= 15 is 0 Å². The summed E-state index contributed by atoms with van der Waals surface area (Å²) in [6, 6.07) is 0. The van der Waals surface area contributed by atoms with Crippen molar-refractivity contribution in [3.05, 3.63) is 29.8 Å². The Morgan fingerprint density at radius 1 is 1.44 bits per heavy atom. The van der Waals surface area contributed by atoms with E-state index in [0.717, 1.165) is 21.0 Å². The molecule has 0 aliphatic rings. The molecular weight excluding hydrogens is 250 g/mol. The fourth-order valence-electron chi connectivity index (χ4n) is 1.92. The largest absolute Gasteiger partial charge is 0.365 e. The van der Waals surface area contributed by atoms with Crippen LogP contribution in [0.2, 0.25) is 0 Å². The number of primary amides is 1. The van der Waals surface area contributed by atoms with E-state index in [9.17, 15) is 4.79 Å². The zero-order chi connectivity index (χ0) is 12.9. The average Bonchev–Trinajstić information content (AvgIpc) is 2.90. The van der Waals surface area contributed by atoms with Crippen LogP contribution in [0.15, 0.2) is 18.6 Å². The molecule has 0 unspecified atom stereocenters. The fourth-order valence-corrected chi connectivity index (χ4v) is 3.05. The summed E-state index contributed by atoms with van der Waals surface area (Å²) in [7, 11) is 1.88.